The predicted molar refractivity (Wildman–Crippen MR) is 96.5 cm³/mol. The summed E-state index contributed by atoms with van der Waals surface area (Å²) in [5.41, 5.74) is -0.0285. The van der Waals surface area contributed by atoms with E-state index in [1.807, 2.05) is 0 Å². The van der Waals surface area contributed by atoms with Gasteiger partial charge in [0.25, 0.3) is 12.3 Å². The van der Waals surface area contributed by atoms with E-state index in [1.54, 1.807) is 32.0 Å². The second-order valence-electron chi connectivity index (χ2n) is 5.93. The molecule has 0 saturated heterocycles. The van der Waals surface area contributed by atoms with Crippen LogP contribution >= 0.6 is 0 Å². The van der Waals surface area contributed by atoms with Gasteiger partial charge in [-0.05, 0) is 24.1 Å². The lowest BCUT2D eigenvalue weighted by atomic mass is 10.1. The van der Waals surface area contributed by atoms with Crippen LogP contribution in [0.2, 0.25) is 0 Å². The molecular weight excluding hydrogens is 358 g/mol. The summed E-state index contributed by atoms with van der Waals surface area (Å²) in [6.45, 7) is 2.92. The standard InChI is InChI=1S/C18H22F2N4O3/c1-3-16(25)24-18(11-21-6-7-23-18)17(26)22-9-13-4-5-14(12(2)8-13)27-10-15(19)20/h4-8,11,15,23H,3,9-10H2,1-2H3,(H,22,26)(H,24,25). The molecule has 0 aliphatic carbocycles. The molecule has 1 atom stereocenters. The number of alkyl halides is 2. The third kappa shape index (κ3) is 5.50. The molecule has 0 bridgehead atoms. The Morgan fingerprint density at radius 3 is 2.74 bits per heavy atom. The summed E-state index contributed by atoms with van der Waals surface area (Å²) in [5, 5.41) is 8.16. The SMILES string of the molecule is CCC(=O)NC1(C(=O)NCc2ccc(OCC(F)F)c(C)c2)C=NC=CN1. The van der Waals surface area contributed by atoms with Crippen LogP contribution in [0.3, 0.4) is 0 Å². The Hall–Kier alpha value is -2.97. The zero-order chi connectivity index (χ0) is 19.9. The van der Waals surface area contributed by atoms with E-state index in [0.717, 1.165) is 5.56 Å². The predicted octanol–water partition coefficient (Wildman–Crippen LogP) is 1.62. The van der Waals surface area contributed by atoms with Crippen LogP contribution in [0.25, 0.3) is 0 Å². The molecule has 1 unspecified atom stereocenters. The lowest BCUT2D eigenvalue weighted by Crippen LogP contribution is -2.67. The first kappa shape index (κ1) is 20.3. The molecule has 2 rings (SSSR count). The molecule has 1 aliphatic rings. The Labute approximate surface area is 155 Å². The summed E-state index contributed by atoms with van der Waals surface area (Å²) in [6, 6.07) is 4.99. The lowest BCUT2D eigenvalue weighted by Gasteiger charge is -2.31. The first-order chi connectivity index (χ1) is 12.9. The summed E-state index contributed by atoms with van der Waals surface area (Å²) in [6.07, 6.45) is 1.92. The zero-order valence-electron chi connectivity index (χ0n) is 15.1. The number of hydrogen-bond donors (Lipinski definition) is 3. The number of benzene rings is 1. The fourth-order valence-electron chi connectivity index (χ4n) is 2.42. The average Bonchev–Trinajstić information content (AvgIpc) is 2.65. The molecule has 3 N–H and O–H groups in total. The number of carbonyl (C=O) groups is 2. The van der Waals surface area contributed by atoms with Gasteiger partial charge < -0.3 is 20.7 Å². The summed E-state index contributed by atoms with van der Waals surface area (Å²) in [7, 11) is 0. The van der Waals surface area contributed by atoms with Crippen LogP contribution < -0.4 is 20.7 Å². The van der Waals surface area contributed by atoms with E-state index in [0.29, 0.717) is 11.3 Å². The van der Waals surface area contributed by atoms with Crippen molar-refractivity contribution in [2.75, 3.05) is 6.61 Å². The van der Waals surface area contributed by atoms with Crippen molar-refractivity contribution in [1.82, 2.24) is 16.0 Å². The van der Waals surface area contributed by atoms with E-state index in [9.17, 15) is 18.4 Å². The summed E-state index contributed by atoms with van der Waals surface area (Å²) >= 11 is 0. The minimum absolute atomic E-state index is 0.178. The molecule has 0 saturated carbocycles. The van der Waals surface area contributed by atoms with E-state index < -0.39 is 24.6 Å². The number of aliphatic imine (C=N–C) groups is 1. The van der Waals surface area contributed by atoms with Gasteiger partial charge in [-0.15, -0.1) is 0 Å². The Bertz CT molecular complexity index is 752. The second kappa shape index (κ2) is 9.11. The molecule has 27 heavy (non-hydrogen) atoms. The van der Waals surface area contributed by atoms with Crippen molar-refractivity contribution in [3.63, 3.8) is 0 Å². The molecular formula is C18H22F2N4O3. The number of nitrogens with zero attached hydrogens (tertiary/aromatic N) is 1. The zero-order valence-corrected chi connectivity index (χ0v) is 15.1. The normalized spacial score (nSPS) is 18.1. The number of halogens is 2. The summed E-state index contributed by atoms with van der Waals surface area (Å²) in [5.74, 6) is -0.424. The molecule has 0 radical (unpaired) electrons. The van der Waals surface area contributed by atoms with E-state index in [-0.39, 0.29) is 18.9 Å². The fraction of sp³-hybridized carbons (Fsp3) is 0.389. The van der Waals surface area contributed by atoms with Crippen molar-refractivity contribution >= 4 is 18.0 Å². The third-order valence-electron chi connectivity index (χ3n) is 3.81. The van der Waals surface area contributed by atoms with Crippen LogP contribution in [0.5, 0.6) is 5.75 Å². The highest BCUT2D eigenvalue weighted by Gasteiger charge is 2.38. The molecule has 1 aromatic carbocycles. The number of carbonyl (C=O) groups excluding carboxylic acids is 2. The largest absolute Gasteiger partial charge is 0.487 e. The van der Waals surface area contributed by atoms with Crippen molar-refractivity contribution in [2.45, 2.75) is 38.9 Å². The molecule has 1 aromatic rings. The second-order valence-corrected chi connectivity index (χ2v) is 5.93. The van der Waals surface area contributed by atoms with E-state index >= 15 is 0 Å². The first-order valence-corrected chi connectivity index (χ1v) is 8.43. The smallest absolute Gasteiger partial charge is 0.272 e. The molecule has 9 heteroatoms. The topological polar surface area (TPSA) is 91.8 Å². The quantitative estimate of drug-likeness (QED) is 0.639. The number of rotatable bonds is 8. The first-order valence-electron chi connectivity index (χ1n) is 8.43. The van der Waals surface area contributed by atoms with Gasteiger partial charge in [-0.3, -0.25) is 14.6 Å². The van der Waals surface area contributed by atoms with Crippen LogP contribution in [-0.4, -0.2) is 36.7 Å². The van der Waals surface area contributed by atoms with E-state index in [1.165, 1.54) is 18.6 Å². The molecule has 1 aliphatic heterocycles. The monoisotopic (exact) mass is 380 g/mol. The molecule has 1 heterocycles. The maximum atomic E-state index is 12.7. The molecule has 7 nitrogen and oxygen atoms in total. The van der Waals surface area contributed by atoms with Crippen LogP contribution in [0.15, 0.2) is 35.6 Å². The van der Waals surface area contributed by atoms with Gasteiger partial charge in [0.1, 0.15) is 12.4 Å². The van der Waals surface area contributed by atoms with Gasteiger partial charge in [-0.25, -0.2) is 8.78 Å². The van der Waals surface area contributed by atoms with Gasteiger partial charge in [0.05, 0.1) is 6.21 Å². The lowest BCUT2D eigenvalue weighted by molar-refractivity contribution is -0.131. The van der Waals surface area contributed by atoms with Gasteiger partial charge in [0.2, 0.25) is 11.6 Å². The van der Waals surface area contributed by atoms with Crippen molar-refractivity contribution < 1.29 is 23.1 Å². The van der Waals surface area contributed by atoms with E-state index in [4.69, 9.17) is 4.74 Å². The Kier molecular flexibility index (Phi) is 6.86. The van der Waals surface area contributed by atoms with Crippen LogP contribution in [0, 0.1) is 6.92 Å². The summed E-state index contributed by atoms with van der Waals surface area (Å²) in [4.78, 5) is 28.4. The number of aryl methyl sites for hydroxylation is 1. The Morgan fingerprint density at radius 1 is 1.37 bits per heavy atom. The average molecular weight is 380 g/mol. The minimum atomic E-state index is -2.54. The van der Waals surface area contributed by atoms with Crippen molar-refractivity contribution in [2.24, 2.45) is 4.99 Å². The summed E-state index contributed by atoms with van der Waals surface area (Å²) < 4.78 is 29.5. The fourth-order valence-corrected chi connectivity index (χ4v) is 2.42. The third-order valence-corrected chi connectivity index (χ3v) is 3.81. The van der Waals surface area contributed by atoms with Crippen molar-refractivity contribution in [1.29, 1.82) is 0 Å². The van der Waals surface area contributed by atoms with E-state index in [2.05, 4.69) is 20.9 Å². The highest BCUT2D eigenvalue weighted by atomic mass is 19.3. The van der Waals surface area contributed by atoms with Gasteiger partial charge in [-0.1, -0.05) is 19.1 Å². The minimum Gasteiger partial charge on any atom is -0.487 e. The van der Waals surface area contributed by atoms with Crippen LogP contribution in [-0.2, 0) is 16.1 Å². The number of ether oxygens (including phenoxy) is 1. The Balaban J connectivity index is 2.02. The van der Waals surface area contributed by atoms with Gasteiger partial charge in [0, 0.05) is 25.4 Å². The van der Waals surface area contributed by atoms with Gasteiger partial charge in [0.15, 0.2) is 0 Å². The molecule has 0 aromatic heterocycles. The van der Waals surface area contributed by atoms with Gasteiger partial charge in [-0.2, -0.15) is 0 Å². The van der Waals surface area contributed by atoms with Crippen LogP contribution in [0.4, 0.5) is 8.78 Å². The van der Waals surface area contributed by atoms with Crippen molar-refractivity contribution in [3.05, 3.63) is 41.7 Å². The number of amides is 2. The molecule has 0 spiro atoms. The number of nitrogens with one attached hydrogen (secondary N) is 3. The van der Waals surface area contributed by atoms with Gasteiger partial charge >= 0.3 is 0 Å². The highest BCUT2D eigenvalue weighted by molar-refractivity contribution is 6.06. The Morgan fingerprint density at radius 2 is 2.15 bits per heavy atom. The van der Waals surface area contributed by atoms with Crippen LogP contribution in [0.1, 0.15) is 24.5 Å². The molecule has 0 fully saturated rings. The molecule has 146 valence electrons. The number of hydrogen-bond acceptors (Lipinski definition) is 5. The molecule has 2 amide bonds. The van der Waals surface area contributed by atoms with Crippen molar-refractivity contribution in [3.8, 4) is 5.75 Å². The highest BCUT2D eigenvalue weighted by Crippen LogP contribution is 2.20. The maximum Gasteiger partial charge on any atom is 0.272 e. The maximum absolute atomic E-state index is 12.7.